The Hall–Kier alpha value is -3.59. The van der Waals surface area contributed by atoms with E-state index >= 15 is 0 Å². The number of aromatic amines is 1. The molecular weight excluding hydrogens is 414 g/mol. The molecule has 5 rings (SSSR count). The van der Waals surface area contributed by atoms with Crippen LogP contribution in [0.4, 0.5) is 11.4 Å². The Kier molecular flexibility index (Phi) is 4.55. The average Bonchev–Trinajstić information content (AvgIpc) is 3.39. The first-order valence-corrected chi connectivity index (χ1v) is 10.7. The van der Waals surface area contributed by atoms with Crippen LogP contribution in [0.2, 0.25) is 0 Å². The second-order valence-electron chi connectivity index (χ2n) is 7.67. The maximum absolute atomic E-state index is 13.1. The van der Waals surface area contributed by atoms with Crippen molar-refractivity contribution in [3.63, 3.8) is 0 Å². The van der Waals surface area contributed by atoms with Crippen molar-refractivity contribution in [3.05, 3.63) is 54.7 Å². The molecule has 31 heavy (non-hydrogen) atoms. The number of carbonyl (C=O) groups is 2. The number of para-hydroxylation sites is 3. The fourth-order valence-electron chi connectivity index (χ4n) is 3.71. The summed E-state index contributed by atoms with van der Waals surface area (Å²) in [7, 11) is 0. The summed E-state index contributed by atoms with van der Waals surface area (Å²) in [5.41, 5.74) is 2.05. The summed E-state index contributed by atoms with van der Waals surface area (Å²) in [6.45, 7) is 3.45. The van der Waals surface area contributed by atoms with Gasteiger partial charge in [0, 0.05) is 17.1 Å². The quantitative estimate of drug-likeness (QED) is 0.470. The first kappa shape index (κ1) is 19.4. The van der Waals surface area contributed by atoms with E-state index in [2.05, 4.69) is 20.5 Å². The van der Waals surface area contributed by atoms with E-state index in [0.717, 1.165) is 28.2 Å². The zero-order valence-corrected chi connectivity index (χ0v) is 17.7. The fraction of sp³-hybridized carbons (Fsp3) is 0.182. The van der Waals surface area contributed by atoms with Crippen LogP contribution in [0, 0.1) is 0 Å². The van der Waals surface area contributed by atoms with E-state index in [4.69, 9.17) is 4.42 Å². The van der Waals surface area contributed by atoms with Gasteiger partial charge in [0.15, 0.2) is 0 Å². The van der Waals surface area contributed by atoms with Crippen molar-refractivity contribution in [2.45, 2.75) is 24.6 Å². The van der Waals surface area contributed by atoms with Crippen molar-refractivity contribution in [3.8, 4) is 11.5 Å². The minimum atomic E-state index is -1.02. The number of amides is 2. The number of benzene rings is 2. The highest BCUT2D eigenvalue weighted by Crippen LogP contribution is 2.37. The lowest BCUT2D eigenvalue weighted by Crippen LogP contribution is -2.58. The molecule has 1 aliphatic rings. The van der Waals surface area contributed by atoms with Gasteiger partial charge in [0.05, 0.1) is 22.7 Å². The number of rotatable bonds is 4. The molecule has 3 heterocycles. The number of nitrogens with one attached hydrogen (secondary N) is 2. The molecule has 2 N–H and O–H groups in total. The van der Waals surface area contributed by atoms with Crippen LogP contribution in [0.1, 0.15) is 13.8 Å². The highest BCUT2D eigenvalue weighted by atomic mass is 32.2. The van der Waals surface area contributed by atoms with E-state index < -0.39 is 5.54 Å². The van der Waals surface area contributed by atoms with Gasteiger partial charge in [0.2, 0.25) is 11.8 Å². The largest absolute Gasteiger partial charge is 0.411 e. The highest BCUT2D eigenvalue weighted by molar-refractivity contribution is 7.99. The van der Waals surface area contributed by atoms with E-state index in [1.807, 2.05) is 48.7 Å². The van der Waals surface area contributed by atoms with Gasteiger partial charge in [0.1, 0.15) is 5.54 Å². The van der Waals surface area contributed by atoms with Gasteiger partial charge in [-0.2, -0.15) is 0 Å². The van der Waals surface area contributed by atoms with Crippen molar-refractivity contribution >= 4 is 45.9 Å². The van der Waals surface area contributed by atoms with Crippen LogP contribution in [0.25, 0.3) is 22.4 Å². The number of fused-ring (bicyclic) bond motifs is 2. The van der Waals surface area contributed by atoms with Gasteiger partial charge in [-0.15, -0.1) is 10.2 Å². The Bertz CT molecular complexity index is 1310. The number of hydrogen-bond donors (Lipinski definition) is 2. The van der Waals surface area contributed by atoms with Gasteiger partial charge < -0.3 is 14.7 Å². The van der Waals surface area contributed by atoms with E-state index in [9.17, 15) is 9.59 Å². The molecule has 0 saturated heterocycles. The summed E-state index contributed by atoms with van der Waals surface area (Å²) in [5.74, 6) is -0.0101. The molecule has 156 valence electrons. The molecule has 0 fully saturated rings. The zero-order valence-electron chi connectivity index (χ0n) is 16.9. The first-order chi connectivity index (χ1) is 14.9. The average molecular weight is 433 g/mol. The number of nitrogens with zero attached hydrogens (tertiary/aromatic N) is 3. The molecule has 0 bridgehead atoms. The molecule has 0 spiro atoms. The third kappa shape index (κ3) is 3.27. The Morgan fingerprint density at radius 3 is 2.77 bits per heavy atom. The summed E-state index contributed by atoms with van der Waals surface area (Å²) in [5, 5.41) is 12.3. The van der Waals surface area contributed by atoms with Crippen molar-refractivity contribution in [2.75, 3.05) is 16.0 Å². The van der Waals surface area contributed by atoms with Crippen LogP contribution in [0.3, 0.4) is 0 Å². The van der Waals surface area contributed by atoms with Crippen LogP contribution < -0.4 is 10.2 Å². The highest BCUT2D eigenvalue weighted by Gasteiger charge is 2.43. The van der Waals surface area contributed by atoms with Crippen LogP contribution in [-0.4, -0.2) is 38.3 Å². The first-order valence-electron chi connectivity index (χ1n) is 9.71. The lowest BCUT2D eigenvalue weighted by molar-refractivity contribution is -0.125. The Morgan fingerprint density at radius 2 is 1.90 bits per heavy atom. The third-order valence-electron chi connectivity index (χ3n) is 5.30. The van der Waals surface area contributed by atoms with Gasteiger partial charge in [-0.3, -0.25) is 14.5 Å². The van der Waals surface area contributed by atoms with Crippen LogP contribution in [0.15, 0.2) is 64.4 Å². The van der Waals surface area contributed by atoms with E-state index in [1.54, 1.807) is 19.9 Å². The minimum absolute atomic E-state index is 0.0561. The summed E-state index contributed by atoms with van der Waals surface area (Å²) >= 11 is 1.15. The molecule has 0 aliphatic carbocycles. The van der Waals surface area contributed by atoms with E-state index in [1.165, 1.54) is 4.90 Å². The minimum Gasteiger partial charge on any atom is -0.411 e. The standard InChI is InChI=1S/C22H19N5O3S/c1-22(2)20(29)24-16-9-5-6-10-17(16)27(22)18(28)12-31-21-26-25-19(30-21)14-11-23-15-8-4-3-7-13(14)15/h3-11,23H,12H2,1-2H3,(H,24,29). The van der Waals surface area contributed by atoms with Crippen molar-refractivity contribution in [1.29, 1.82) is 0 Å². The molecule has 0 saturated carbocycles. The molecule has 2 aromatic heterocycles. The van der Waals surface area contributed by atoms with Crippen LogP contribution in [0.5, 0.6) is 0 Å². The lowest BCUT2D eigenvalue weighted by atomic mass is 9.96. The molecule has 2 amide bonds. The number of anilines is 2. The smallest absolute Gasteiger partial charge is 0.277 e. The van der Waals surface area contributed by atoms with Crippen LogP contribution >= 0.6 is 11.8 Å². The maximum atomic E-state index is 13.1. The molecule has 1 aliphatic heterocycles. The zero-order chi connectivity index (χ0) is 21.6. The van der Waals surface area contributed by atoms with Crippen molar-refractivity contribution in [1.82, 2.24) is 15.2 Å². The number of H-pyrrole nitrogens is 1. The monoisotopic (exact) mass is 433 g/mol. The molecular formula is C22H19N5O3S. The number of aromatic nitrogens is 3. The number of thioether (sulfide) groups is 1. The van der Waals surface area contributed by atoms with Crippen molar-refractivity contribution in [2.24, 2.45) is 0 Å². The van der Waals surface area contributed by atoms with Gasteiger partial charge in [-0.25, -0.2) is 0 Å². The Balaban J connectivity index is 1.36. The molecule has 0 unspecified atom stereocenters. The van der Waals surface area contributed by atoms with Gasteiger partial charge in [-0.1, -0.05) is 42.1 Å². The maximum Gasteiger partial charge on any atom is 0.277 e. The van der Waals surface area contributed by atoms with E-state index in [0.29, 0.717) is 22.5 Å². The normalized spacial score (nSPS) is 15.0. The molecule has 0 radical (unpaired) electrons. The molecule has 4 aromatic rings. The molecule has 8 nitrogen and oxygen atoms in total. The van der Waals surface area contributed by atoms with Gasteiger partial charge >= 0.3 is 0 Å². The molecule has 9 heteroatoms. The van der Waals surface area contributed by atoms with Crippen LogP contribution in [-0.2, 0) is 9.59 Å². The third-order valence-corrected chi connectivity index (χ3v) is 6.11. The second kappa shape index (κ2) is 7.28. The topological polar surface area (TPSA) is 104 Å². The summed E-state index contributed by atoms with van der Waals surface area (Å²) in [6, 6.07) is 15.1. The predicted molar refractivity (Wildman–Crippen MR) is 119 cm³/mol. The van der Waals surface area contributed by atoms with Gasteiger partial charge in [-0.05, 0) is 32.0 Å². The SMILES string of the molecule is CC1(C)C(=O)Nc2ccccc2N1C(=O)CSc1nnc(-c2c[nH]c3ccccc23)o1. The van der Waals surface area contributed by atoms with Gasteiger partial charge in [0.25, 0.3) is 11.1 Å². The Labute approximate surface area is 182 Å². The predicted octanol–water partition coefficient (Wildman–Crippen LogP) is 4.07. The van der Waals surface area contributed by atoms with Crippen molar-refractivity contribution < 1.29 is 14.0 Å². The summed E-state index contributed by atoms with van der Waals surface area (Å²) in [4.78, 5) is 30.4. The summed E-state index contributed by atoms with van der Waals surface area (Å²) < 4.78 is 5.79. The fourth-order valence-corrected chi connectivity index (χ4v) is 4.32. The van der Waals surface area contributed by atoms with E-state index in [-0.39, 0.29) is 17.6 Å². The summed E-state index contributed by atoms with van der Waals surface area (Å²) in [6.07, 6.45) is 1.82. The lowest BCUT2D eigenvalue weighted by Gasteiger charge is -2.42. The second-order valence-corrected chi connectivity index (χ2v) is 8.60. The Morgan fingerprint density at radius 1 is 1.13 bits per heavy atom. The molecule has 2 aromatic carbocycles. The number of carbonyl (C=O) groups excluding carboxylic acids is 2. The number of hydrogen-bond acceptors (Lipinski definition) is 6. The molecule has 0 atom stereocenters.